The van der Waals surface area contributed by atoms with Gasteiger partial charge in [0.15, 0.2) is 0 Å². The van der Waals surface area contributed by atoms with Gasteiger partial charge in [-0.05, 0) is 57.0 Å². The Labute approximate surface area is 124 Å². The number of carbonyl (C=O) groups is 1. The molecule has 3 nitrogen and oxygen atoms in total. The van der Waals surface area contributed by atoms with Crippen LogP contribution < -0.4 is 0 Å². The second-order valence-corrected chi connectivity index (χ2v) is 6.91. The Kier molecular flexibility index (Phi) is 6.34. The van der Waals surface area contributed by atoms with E-state index in [1.807, 2.05) is 0 Å². The molecular formula is C17H32N2O. The maximum atomic E-state index is 12.0. The third kappa shape index (κ3) is 4.76. The summed E-state index contributed by atoms with van der Waals surface area (Å²) in [6, 6.07) is 0. The first-order valence-corrected chi connectivity index (χ1v) is 8.69. The fraction of sp³-hybridized carbons (Fsp3) is 0.941. The summed E-state index contributed by atoms with van der Waals surface area (Å²) < 4.78 is 0. The Balaban J connectivity index is 1.65. The van der Waals surface area contributed by atoms with E-state index in [0.717, 1.165) is 44.2 Å². The molecule has 0 atom stereocenters. The van der Waals surface area contributed by atoms with Crippen molar-refractivity contribution < 1.29 is 4.79 Å². The monoisotopic (exact) mass is 280 g/mol. The summed E-state index contributed by atoms with van der Waals surface area (Å²) in [4.78, 5) is 16.8. The third-order valence-electron chi connectivity index (χ3n) is 5.10. The van der Waals surface area contributed by atoms with Crippen LogP contribution in [0, 0.1) is 11.8 Å². The summed E-state index contributed by atoms with van der Waals surface area (Å²) in [7, 11) is 0. The average molecular weight is 280 g/mol. The molecule has 2 saturated heterocycles. The zero-order chi connectivity index (χ0) is 14.4. The lowest BCUT2D eigenvalue weighted by atomic mass is 9.93. The Morgan fingerprint density at radius 2 is 1.70 bits per heavy atom. The second kappa shape index (κ2) is 8.02. The van der Waals surface area contributed by atoms with Crippen LogP contribution in [0.2, 0.25) is 0 Å². The lowest BCUT2D eigenvalue weighted by molar-refractivity contribution is -0.132. The van der Waals surface area contributed by atoms with E-state index >= 15 is 0 Å². The van der Waals surface area contributed by atoms with Gasteiger partial charge in [-0.2, -0.15) is 0 Å². The van der Waals surface area contributed by atoms with Gasteiger partial charge in [-0.15, -0.1) is 0 Å². The molecule has 2 rings (SSSR count). The quantitative estimate of drug-likeness (QED) is 0.772. The van der Waals surface area contributed by atoms with Crippen LogP contribution >= 0.6 is 0 Å². The Morgan fingerprint density at radius 3 is 2.30 bits per heavy atom. The smallest absolute Gasteiger partial charge is 0.222 e. The van der Waals surface area contributed by atoms with E-state index in [9.17, 15) is 4.79 Å². The fourth-order valence-electron chi connectivity index (χ4n) is 3.46. The predicted octanol–water partition coefficient (Wildman–Crippen LogP) is 3.15. The van der Waals surface area contributed by atoms with Crippen molar-refractivity contribution in [3.8, 4) is 0 Å². The fourth-order valence-corrected chi connectivity index (χ4v) is 3.46. The van der Waals surface area contributed by atoms with Crippen LogP contribution in [0.25, 0.3) is 0 Å². The highest BCUT2D eigenvalue weighted by Gasteiger charge is 2.25. The minimum absolute atomic E-state index is 0.386. The van der Waals surface area contributed by atoms with Crippen LogP contribution in [-0.2, 0) is 4.79 Å². The van der Waals surface area contributed by atoms with Gasteiger partial charge in [0.25, 0.3) is 0 Å². The molecular weight excluding hydrogens is 248 g/mol. The molecule has 0 spiro atoms. The first-order chi connectivity index (χ1) is 9.69. The number of hydrogen-bond acceptors (Lipinski definition) is 2. The van der Waals surface area contributed by atoms with Gasteiger partial charge in [-0.1, -0.05) is 20.3 Å². The minimum atomic E-state index is 0.386. The van der Waals surface area contributed by atoms with E-state index in [2.05, 4.69) is 23.6 Å². The lowest BCUT2D eigenvalue weighted by Crippen LogP contribution is -2.43. The summed E-state index contributed by atoms with van der Waals surface area (Å²) >= 11 is 0. The first-order valence-electron chi connectivity index (χ1n) is 8.69. The summed E-state index contributed by atoms with van der Waals surface area (Å²) in [5.41, 5.74) is 0. The normalized spacial score (nSPS) is 23.2. The van der Waals surface area contributed by atoms with Crippen molar-refractivity contribution in [1.29, 1.82) is 0 Å². The van der Waals surface area contributed by atoms with Crippen molar-refractivity contribution in [3.05, 3.63) is 0 Å². The molecule has 2 aliphatic heterocycles. The van der Waals surface area contributed by atoms with E-state index in [1.165, 1.54) is 45.3 Å². The van der Waals surface area contributed by atoms with Crippen molar-refractivity contribution in [2.45, 2.75) is 58.8 Å². The van der Waals surface area contributed by atoms with Gasteiger partial charge < -0.3 is 9.80 Å². The molecule has 0 radical (unpaired) electrons. The predicted molar refractivity (Wildman–Crippen MR) is 83.7 cm³/mol. The second-order valence-electron chi connectivity index (χ2n) is 6.91. The van der Waals surface area contributed by atoms with Crippen LogP contribution in [0.1, 0.15) is 58.8 Å². The van der Waals surface area contributed by atoms with Crippen LogP contribution in [0.3, 0.4) is 0 Å². The number of likely N-dealkylation sites (tertiary alicyclic amines) is 2. The molecule has 0 bridgehead atoms. The largest absolute Gasteiger partial charge is 0.343 e. The molecule has 116 valence electrons. The zero-order valence-corrected chi connectivity index (χ0v) is 13.4. The van der Waals surface area contributed by atoms with Crippen molar-refractivity contribution in [2.24, 2.45) is 11.8 Å². The molecule has 0 aliphatic carbocycles. The maximum absolute atomic E-state index is 12.0. The van der Waals surface area contributed by atoms with E-state index in [1.54, 1.807) is 0 Å². The zero-order valence-electron chi connectivity index (χ0n) is 13.4. The maximum Gasteiger partial charge on any atom is 0.222 e. The first kappa shape index (κ1) is 15.8. The molecule has 0 N–H and O–H groups in total. The number of hydrogen-bond donors (Lipinski definition) is 0. The van der Waals surface area contributed by atoms with Gasteiger partial charge in [0.2, 0.25) is 5.91 Å². The van der Waals surface area contributed by atoms with E-state index in [0.29, 0.717) is 5.91 Å². The minimum Gasteiger partial charge on any atom is -0.343 e. The molecule has 2 fully saturated rings. The average Bonchev–Trinajstić information content (AvgIpc) is 2.48. The third-order valence-corrected chi connectivity index (χ3v) is 5.10. The molecule has 2 heterocycles. The molecule has 0 aromatic rings. The van der Waals surface area contributed by atoms with Gasteiger partial charge in [-0.3, -0.25) is 4.79 Å². The summed E-state index contributed by atoms with van der Waals surface area (Å²) in [5, 5.41) is 0. The van der Waals surface area contributed by atoms with Crippen LogP contribution in [-0.4, -0.2) is 48.4 Å². The highest BCUT2D eigenvalue weighted by molar-refractivity contribution is 5.76. The molecule has 0 aromatic heterocycles. The Hall–Kier alpha value is -0.570. The van der Waals surface area contributed by atoms with E-state index < -0.39 is 0 Å². The molecule has 0 unspecified atom stereocenters. The van der Waals surface area contributed by atoms with Crippen LogP contribution in [0.4, 0.5) is 0 Å². The van der Waals surface area contributed by atoms with Crippen LogP contribution in [0.5, 0.6) is 0 Å². The molecule has 2 aliphatic rings. The van der Waals surface area contributed by atoms with Gasteiger partial charge in [0.1, 0.15) is 0 Å². The van der Waals surface area contributed by atoms with Gasteiger partial charge in [0.05, 0.1) is 0 Å². The topological polar surface area (TPSA) is 23.6 Å². The number of unbranched alkanes of at least 4 members (excludes halogenated alkanes) is 1. The van der Waals surface area contributed by atoms with E-state index in [-0.39, 0.29) is 0 Å². The van der Waals surface area contributed by atoms with Crippen molar-refractivity contribution >= 4 is 5.91 Å². The van der Waals surface area contributed by atoms with Crippen molar-refractivity contribution in [2.75, 3.05) is 32.7 Å². The number of amides is 1. The standard InChI is InChI=1S/C17H32N2O/c1-3-4-5-17(20)19-12-8-16(9-13-19)14-18-10-6-15(2)7-11-18/h15-16H,3-14H2,1-2H3. The Morgan fingerprint density at radius 1 is 1.05 bits per heavy atom. The molecule has 1 amide bonds. The molecule has 20 heavy (non-hydrogen) atoms. The molecule has 3 heteroatoms. The number of carbonyl (C=O) groups excluding carboxylic acids is 1. The van der Waals surface area contributed by atoms with Crippen LogP contribution in [0.15, 0.2) is 0 Å². The summed E-state index contributed by atoms with van der Waals surface area (Å²) in [6.07, 6.45) is 8.09. The summed E-state index contributed by atoms with van der Waals surface area (Å²) in [6.45, 7) is 10.4. The van der Waals surface area contributed by atoms with Crippen molar-refractivity contribution in [3.63, 3.8) is 0 Å². The SMILES string of the molecule is CCCCC(=O)N1CCC(CN2CCC(C)CC2)CC1. The number of piperidine rings is 2. The number of rotatable bonds is 5. The lowest BCUT2D eigenvalue weighted by Gasteiger charge is -2.37. The van der Waals surface area contributed by atoms with Gasteiger partial charge >= 0.3 is 0 Å². The highest BCUT2D eigenvalue weighted by Crippen LogP contribution is 2.22. The van der Waals surface area contributed by atoms with E-state index in [4.69, 9.17) is 0 Å². The molecule has 0 saturated carbocycles. The Bertz CT molecular complexity index is 289. The summed E-state index contributed by atoms with van der Waals surface area (Å²) in [5.74, 6) is 2.13. The molecule has 0 aromatic carbocycles. The van der Waals surface area contributed by atoms with Gasteiger partial charge in [0, 0.05) is 26.1 Å². The van der Waals surface area contributed by atoms with Gasteiger partial charge in [-0.25, -0.2) is 0 Å². The van der Waals surface area contributed by atoms with Crippen molar-refractivity contribution in [1.82, 2.24) is 9.80 Å². The highest BCUT2D eigenvalue weighted by atomic mass is 16.2. The number of nitrogens with zero attached hydrogens (tertiary/aromatic N) is 2.